The van der Waals surface area contributed by atoms with Crippen LogP contribution in [-0.4, -0.2) is 17.3 Å². The van der Waals surface area contributed by atoms with Gasteiger partial charge in [-0.1, -0.05) is 12.2 Å². The van der Waals surface area contributed by atoms with Crippen molar-refractivity contribution in [1.82, 2.24) is 0 Å². The van der Waals surface area contributed by atoms with Crippen LogP contribution in [0.5, 0.6) is 0 Å². The van der Waals surface area contributed by atoms with Crippen molar-refractivity contribution in [2.75, 3.05) is 0 Å². The number of hydrogen-bond donors (Lipinski definition) is 2. The van der Waals surface area contributed by atoms with E-state index in [1.165, 1.54) is 0 Å². The van der Waals surface area contributed by atoms with Crippen LogP contribution in [0.2, 0.25) is 0 Å². The van der Waals surface area contributed by atoms with Crippen molar-refractivity contribution in [3.8, 4) is 0 Å². The zero-order valence-electron chi connectivity index (χ0n) is 5.96. The summed E-state index contributed by atoms with van der Waals surface area (Å²) in [7, 11) is 0. The summed E-state index contributed by atoms with van der Waals surface area (Å²) in [5, 5.41) is 9.28. The molecule has 0 heterocycles. The van der Waals surface area contributed by atoms with Crippen LogP contribution < -0.4 is 5.73 Å². The van der Waals surface area contributed by atoms with Gasteiger partial charge in [0.1, 0.15) is 0 Å². The number of aliphatic hydroxyl groups excluding tert-OH is 1. The molecule has 3 N–H and O–H groups in total. The lowest BCUT2D eigenvalue weighted by Crippen LogP contribution is -2.41. The van der Waals surface area contributed by atoms with Crippen LogP contribution in [0.3, 0.4) is 0 Å². The molecule has 2 heteroatoms. The Balaban J connectivity index is 1.98. The van der Waals surface area contributed by atoms with Crippen molar-refractivity contribution in [1.29, 1.82) is 0 Å². The summed E-state index contributed by atoms with van der Waals surface area (Å²) in [5.74, 6) is 0. The zero-order chi connectivity index (χ0) is 7.19. The third-order valence-electron chi connectivity index (χ3n) is 2.65. The SMILES string of the molecule is NC1CC2(C=C2)CCC1O. The molecule has 0 aromatic carbocycles. The van der Waals surface area contributed by atoms with E-state index in [1.807, 2.05) is 0 Å². The van der Waals surface area contributed by atoms with Crippen LogP contribution in [0.4, 0.5) is 0 Å². The molecule has 0 aromatic heterocycles. The molecule has 1 saturated carbocycles. The molecule has 0 bridgehead atoms. The predicted molar refractivity (Wildman–Crippen MR) is 39.4 cm³/mol. The molecule has 2 rings (SSSR count). The van der Waals surface area contributed by atoms with Crippen LogP contribution >= 0.6 is 0 Å². The van der Waals surface area contributed by atoms with Gasteiger partial charge in [-0.3, -0.25) is 0 Å². The largest absolute Gasteiger partial charge is 0.392 e. The Hall–Kier alpha value is -0.340. The van der Waals surface area contributed by atoms with Crippen LogP contribution in [-0.2, 0) is 0 Å². The van der Waals surface area contributed by atoms with Crippen molar-refractivity contribution in [3.63, 3.8) is 0 Å². The molecular formula is C8H13NO. The fourth-order valence-corrected chi connectivity index (χ4v) is 1.73. The molecule has 2 aliphatic rings. The van der Waals surface area contributed by atoms with E-state index in [2.05, 4.69) is 12.2 Å². The lowest BCUT2D eigenvalue weighted by atomic mass is 9.80. The van der Waals surface area contributed by atoms with Gasteiger partial charge in [0, 0.05) is 11.5 Å². The first-order valence-electron chi connectivity index (χ1n) is 3.86. The monoisotopic (exact) mass is 139 g/mol. The number of allylic oxidation sites excluding steroid dienone is 2. The summed E-state index contributed by atoms with van der Waals surface area (Å²) < 4.78 is 0. The molecule has 0 aromatic rings. The highest BCUT2D eigenvalue weighted by Crippen LogP contribution is 2.47. The van der Waals surface area contributed by atoms with Crippen molar-refractivity contribution >= 4 is 0 Å². The molecule has 2 nitrogen and oxygen atoms in total. The van der Waals surface area contributed by atoms with E-state index in [1.54, 1.807) is 0 Å². The highest BCUT2D eigenvalue weighted by Gasteiger charge is 2.41. The fourth-order valence-electron chi connectivity index (χ4n) is 1.73. The Labute approximate surface area is 60.7 Å². The second-order valence-corrected chi connectivity index (χ2v) is 3.54. The first-order valence-corrected chi connectivity index (χ1v) is 3.86. The van der Waals surface area contributed by atoms with E-state index in [0.717, 1.165) is 19.3 Å². The molecule has 56 valence electrons. The van der Waals surface area contributed by atoms with Crippen LogP contribution in [0.15, 0.2) is 12.2 Å². The Bertz CT molecular complexity index is 170. The molecule has 0 aliphatic heterocycles. The molecule has 1 fully saturated rings. The molecule has 0 amide bonds. The Kier molecular flexibility index (Phi) is 1.17. The minimum Gasteiger partial charge on any atom is -0.392 e. The van der Waals surface area contributed by atoms with Gasteiger partial charge in [0.05, 0.1) is 6.10 Å². The third-order valence-corrected chi connectivity index (χ3v) is 2.65. The highest BCUT2D eigenvalue weighted by molar-refractivity contribution is 5.27. The summed E-state index contributed by atoms with van der Waals surface area (Å²) in [5.41, 5.74) is 6.05. The van der Waals surface area contributed by atoms with Gasteiger partial charge in [-0.2, -0.15) is 0 Å². The fraction of sp³-hybridized carbons (Fsp3) is 0.750. The van der Waals surface area contributed by atoms with Crippen LogP contribution in [0, 0.1) is 5.41 Å². The number of rotatable bonds is 0. The normalized spacial score (nSPS) is 42.2. The summed E-state index contributed by atoms with van der Waals surface area (Å²) in [6.45, 7) is 0. The quantitative estimate of drug-likeness (QED) is 0.478. The molecule has 2 aliphatic carbocycles. The standard InChI is InChI=1S/C8H13NO/c9-6-5-8(3-4-8)2-1-7(6)10/h3-4,6-7,10H,1-2,5,9H2. The van der Waals surface area contributed by atoms with Gasteiger partial charge in [-0.05, 0) is 19.3 Å². The van der Waals surface area contributed by atoms with Crippen molar-refractivity contribution in [3.05, 3.63) is 12.2 Å². The Morgan fingerprint density at radius 3 is 2.70 bits per heavy atom. The highest BCUT2D eigenvalue weighted by atomic mass is 16.3. The van der Waals surface area contributed by atoms with E-state index in [4.69, 9.17) is 5.73 Å². The molecule has 0 saturated heterocycles. The molecule has 1 spiro atoms. The second-order valence-electron chi connectivity index (χ2n) is 3.54. The molecular weight excluding hydrogens is 126 g/mol. The zero-order valence-corrected chi connectivity index (χ0v) is 5.96. The first-order chi connectivity index (χ1) is 4.72. The smallest absolute Gasteiger partial charge is 0.0691 e. The van der Waals surface area contributed by atoms with Gasteiger partial charge in [-0.15, -0.1) is 0 Å². The first kappa shape index (κ1) is 6.38. The maximum absolute atomic E-state index is 9.28. The molecule has 10 heavy (non-hydrogen) atoms. The van der Waals surface area contributed by atoms with E-state index >= 15 is 0 Å². The summed E-state index contributed by atoms with van der Waals surface area (Å²) in [6, 6.07) is 0.00347. The maximum atomic E-state index is 9.28. The molecule has 2 unspecified atom stereocenters. The Morgan fingerprint density at radius 2 is 2.20 bits per heavy atom. The van der Waals surface area contributed by atoms with Gasteiger partial charge in [0.2, 0.25) is 0 Å². The summed E-state index contributed by atoms with van der Waals surface area (Å²) in [6.07, 6.45) is 7.08. The summed E-state index contributed by atoms with van der Waals surface area (Å²) >= 11 is 0. The third kappa shape index (κ3) is 0.879. The summed E-state index contributed by atoms with van der Waals surface area (Å²) in [4.78, 5) is 0. The van der Waals surface area contributed by atoms with Gasteiger partial charge in [0.25, 0.3) is 0 Å². The number of hydrogen-bond acceptors (Lipinski definition) is 2. The van der Waals surface area contributed by atoms with E-state index in [9.17, 15) is 5.11 Å². The van der Waals surface area contributed by atoms with Crippen LogP contribution in [0.25, 0.3) is 0 Å². The topological polar surface area (TPSA) is 46.2 Å². The maximum Gasteiger partial charge on any atom is 0.0691 e. The second kappa shape index (κ2) is 1.83. The average molecular weight is 139 g/mol. The predicted octanol–water partition coefficient (Wildman–Crippen LogP) is 0.415. The van der Waals surface area contributed by atoms with E-state index in [0.29, 0.717) is 5.41 Å². The lowest BCUT2D eigenvalue weighted by Gasteiger charge is -2.31. The molecule has 0 radical (unpaired) electrons. The van der Waals surface area contributed by atoms with Crippen LogP contribution in [0.1, 0.15) is 19.3 Å². The van der Waals surface area contributed by atoms with E-state index < -0.39 is 0 Å². The van der Waals surface area contributed by atoms with Gasteiger partial charge in [-0.25, -0.2) is 0 Å². The minimum atomic E-state index is -0.256. The van der Waals surface area contributed by atoms with Crippen molar-refractivity contribution in [2.45, 2.75) is 31.4 Å². The van der Waals surface area contributed by atoms with E-state index in [-0.39, 0.29) is 12.1 Å². The van der Waals surface area contributed by atoms with Crippen molar-refractivity contribution < 1.29 is 5.11 Å². The Morgan fingerprint density at radius 1 is 1.50 bits per heavy atom. The van der Waals surface area contributed by atoms with Gasteiger partial charge >= 0.3 is 0 Å². The average Bonchev–Trinajstić information content (AvgIpc) is 2.62. The van der Waals surface area contributed by atoms with Crippen molar-refractivity contribution in [2.24, 2.45) is 11.1 Å². The molecule has 2 atom stereocenters. The van der Waals surface area contributed by atoms with Gasteiger partial charge < -0.3 is 10.8 Å². The number of nitrogens with two attached hydrogens (primary N) is 1. The lowest BCUT2D eigenvalue weighted by molar-refractivity contribution is 0.0867. The minimum absolute atomic E-state index is 0.00347. The number of aliphatic hydroxyl groups is 1. The van der Waals surface area contributed by atoms with Gasteiger partial charge in [0.15, 0.2) is 0 Å².